The molecule has 2 aliphatic rings. The number of nitrogens with zero attached hydrogens (tertiary/aromatic N) is 2. The van der Waals surface area contributed by atoms with Gasteiger partial charge in [-0.05, 0) is 17.7 Å². The molecule has 1 spiro atoms. The van der Waals surface area contributed by atoms with Gasteiger partial charge in [0, 0.05) is 37.7 Å². The van der Waals surface area contributed by atoms with E-state index >= 15 is 0 Å². The van der Waals surface area contributed by atoms with Gasteiger partial charge in [-0.3, -0.25) is 0 Å². The first kappa shape index (κ1) is 19.6. The van der Waals surface area contributed by atoms with Crippen LogP contribution in [0.1, 0.15) is 18.4 Å². The molecule has 154 valence electrons. The number of alkyl halides is 3. The number of anilines is 2. The van der Waals surface area contributed by atoms with Crippen molar-refractivity contribution in [2.45, 2.75) is 24.6 Å². The maximum atomic E-state index is 12.9. The average Bonchev–Trinajstić information content (AvgIpc) is 3.04. The van der Waals surface area contributed by atoms with Crippen LogP contribution >= 0.6 is 11.6 Å². The molecule has 2 aromatic rings. The number of carbonyl (C=O) groups excluding carboxylic acids is 1. The van der Waals surface area contributed by atoms with E-state index in [9.17, 15) is 18.0 Å². The fourth-order valence-electron chi connectivity index (χ4n) is 3.77. The van der Waals surface area contributed by atoms with E-state index < -0.39 is 23.4 Å². The Hall–Kier alpha value is -2.68. The molecule has 2 saturated heterocycles. The Kier molecular flexibility index (Phi) is 4.72. The Morgan fingerprint density at radius 1 is 1.21 bits per heavy atom. The van der Waals surface area contributed by atoms with Crippen LogP contribution in [0.5, 0.6) is 0 Å². The number of hydrogen-bond acceptors (Lipinski definition) is 5. The highest BCUT2D eigenvalue weighted by Crippen LogP contribution is 2.42. The number of benzene rings is 1. The number of nitrogen functional groups attached to an aromatic ring is 1. The van der Waals surface area contributed by atoms with Crippen molar-refractivity contribution >= 4 is 29.2 Å². The number of ether oxygens (including phenoxy) is 1. The lowest BCUT2D eigenvalue weighted by Gasteiger charge is -2.39. The van der Waals surface area contributed by atoms with E-state index in [1.165, 1.54) is 18.3 Å². The number of alkyl carbamates (subject to hydrolysis) is 1. The van der Waals surface area contributed by atoms with E-state index in [4.69, 9.17) is 22.1 Å². The SMILES string of the molecule is Nc1ncc(-c2ccc(C(F)(F)F)cc2)c(N2CCC3(CC2)CNC(=O)O3)c1Cl. The second-order valence-corrected chi connectivity index (χ2v) is 7.59. The van der Waals surface area contributed by atoms with Crippen LogP contribution in [0.2, 0.25) is 5.02 Å². The molecule has 3 heterocycles. The summed E-state index contributed by atoms with van der Waals surface area (Å²) in [6, 6.07) is 4.84. The first-order valence-corrected chi connectivity index (χ1v) is 9.40. The van der Waals surface area contributed by atoms with E-state index in [1.807, 2.05) is 4.90 Å². The molecular weight excluding hydrogens is 409 g/mol. The molecule has 0 saturated carbocycles. The van der Waals surface area contributed by atoms with Crippen molar-refractivity contribution in [2.24, 2.45) is 0 Å². The van der Waals surface area contributed by atoms with Gasteiger partial charge in [0.2, 0.25) is 0 Å². The normalized spacial score (nSPS) is 18.6. The van der Waals surface area contributed by atoms with Crippen LogP contribution in [0.3, 0.4) is 0 Å². The third kappa shape index (κ3) is 3.66. The number of nitrogens with two attached hydrogens (primary N) is 1. The molecule has 4 rings (SSSR count). The topological polar surface area (TPSA) is 80.5 Å². The van der Waals surface area contributed by atoms with Gasteiger partial charge < -0.3 is 20.7 Å². The second kappa shape index (κ2) is 6.98. The molecular formula is C19H18ClF3N4O2. The summed E-state index contributed by atoms with van der Waals surface area (Å²) < 4.78 is 44.1. The summed E-state index contributed by atoms with van der Waals surface area (Å²) in [5, 5.41) is 2.93. The monoisotopic (exact) mass is 426 g/mol. The first-order valence-electron chi connectivity index (χ1n) is 9.02. The largest absolute Gasteiger partial charge is 0.441 e. The van der Waals surface area contributed by atoms with Gasteiger partial charge in [-0.25, -0.2) is 9.78 Å². The first-order chi connectivity index (χ1) is 13.7. The third-order valence-corrected chi connectivity index (χ3v) is 5.77. The van der Waals surface area contributed by atoms with Gasteiger partial charge in [0.05, 0.1) is 17.8 Å². The van der Waals surface area contributed by atoms with Gasteiger partial charge >= 0.3 is 12.3 Å². The van der Waals surface area contributed by atoms with Crippen molar-refractivity contribution < 1.29 is 22.7 Å². The van der Waals surface area contributed by atoms with Crippen LogP contribution < -0.4 is 16.0 Å². The molecule has 1 amide bonds. The van der Waals surface area contributed by atoms with Crippen molar-refractivity contribution in [3.8, 4) is 11.1 Å². The van der Waals surface area contributed by atoms with Gasteiger partial charge in [0.15, 0.2) is 0 Å². The minimum atomic E-state index is -4.41. The highest BCUT2D eigenvalue weighted by molar-refractivity contribution is 6.36. The summed E-state index contributed by atoms with van der Waals surface area (Å²) in [5.74, 6) is 0.145. The molecule has 3 N–H and O–H groups in total. The number of hydrogen-bond donors (Lipinski definition) is 2. The van der Waals surface area contributed by atoms with Crippen LogP contribution in [0.25, 0.3) is 11.1 Å². The predicted octanol–water partition coefficient (Wildman–Crippen LogP) is 4.08. The van der Waals surface area contributed by atoms with Gasteiger partial charge in [-0.2, -0.15) is 13.2 Å². The van der Waals surface area contributed by atoms with E-state index in [0.29, 0.717) is 49.3 Å². The van der Waals surface area contributed by atoms with Crippen molar-refractivity contribution in [3.05, 3.63) is 41.0 Å². The lowest BCUT2D eigenvalue weighted by molar-refractivity contribution is -0.137. The Morgan fingerprint density at radius 2 is 1.86 bits per heavy atom. The zero-order chi connectivity index (χ0) is 20.8. The van der Waals surface area contributed by atoms with Crippen LogP contribution in [-0.4, -0.2) is 36.3 Å². The van der Waals surface area contributed by atoms with Crippen LogP contribution in [0, 0.1) is 0 Å². The zero-order valence-corrected chi connectivity index (χ0v) is 16.0. The number of amides is 1. The number of nitrogens with one attached hydrogen (secondary N) is 1. The lowest BCUT2D eigenvalue weighted by atomic mass is 9.91. The predicted molar refractivity (Wildman–Crippen MR) is 103 cm³/mol. The summed E-state index contributed by atoms with van der Waals surface area (Å²) in [5.41, 5.74) is 6.39. The number of pyridine rings is 1. The minimum absolute atomic E-state index is 0.145. The number of halogens is 4. The van der Waals surface area contributed by atoms with E-state index in [-0.39, 0.29) is 10.8 Å². The molecule has 29 heavy (non-hydrogen) atoms. The maximum absolute atomic E-state index is 12.9. The average molecular weight is 427 g/mol. The standard InChI is InChI=1S/C19H18ClF3N4O2/c20-14-15(27-7-5-18(6-8-27)10-26-17(28)29-18)13(9-25-16(14)24)11-1-3-12(4-2-11)19(21,22)23/h1-4,9H,5-8,10H2,(H2,24,25)(H,26,28). The van der Waals surface area contributed by atoms with Crippen molar-refractivity contribution in [2.75, 3.05) is 30.3 Å². The highest BCUT2D eigenvalue weighted by Gasteiger charge is 2.43. The minimum Gasteiger partial charge on any atom is -0.441 e. The van der Waals surface area contributed by atoms with Crippen LogP contribution in [0.15, 0.2) is 30.5 Å². The molecule has 0 atom stereocenters. The Labute approximate surface area is 169 Å². The van der Waals surface area contributed by atoms with Crippen molar-refractivity contribution in [1.82, 2.24) is 10.3 Å². The molecule has 2 fully saturated rings. The van der Waals surface area contributed by atoms with Crippen LogP contribution in [-0.2, 0) is 10.9 Å². The summed E-state index contributed by atoms with van der Waals surface area (Å²) in [4.78, 5) is 17.5. The number of rotatable bonds is 2. The van der Waals surface area contributed by atoms with Crippen molar-refractivity contribution in [1.29, 1.82) is 0 Å². The summed E-state index contributed by atoms with van der Waals surface area (Å²) in [7, 11) is 0. The quantitative estimate of drug-likeness (QED) is 0.756. The molecule has 1 aromatic carbocycles. The number of carbonyl (C=O) groups is 1. The summed E-state index contributed by atoms with van der Waals surface area (Å²) in [6.45, 7) is 1.55. The fraction of sp³-hybridized carbons (Fsp3) is 0.368. The number of aromatic nitrogens is 1. The molecule has 10 heteroatoms. The highest BCUT2D eigenvalue weighted by atomic mass is 35.5. The third-order valence-electron chi connectivity index (χ3n) is 5.40. The molecule has 0 aliphatic carbocycles. The molecule has 0 bridgehead atoms. The molecule has 1 aromatic heterocycles. The molecule has 0 unspecified atom stereocenters. The molecule has 6 nitrogen and oxygen atoms in total. The van der Waals surface area contributed by atoms with Gasteiger partial charge in [0.25, 0.3) is 0 Å². The number of piperidine rings is 1. The van der Waals surface area contributed by atoms with Crippen molar-refractivity contribution in [3.63, 3.8) is 0 Å². The molecule has 0 radical (unpaired) electrons. The van der Waals surface area contributed by atoms with Gasteiger partial charge in [0.1, 0.15) is 16.4 Å². The smallest absolute Gasteiger partial charge is 0.416 e. The Bertz CT molecular complexity index is 942. The molecule has 2 aliphatic heterocycles. The Morgan fingerprint density at radius 3 is 2.41 bits per heavy atom. The van der Waals surface area contributed by atoms with Crippen LogP contribution in [0.4, 0.5) is 29.5 Å². The lowest BCUT2D eigenvalue weighted by Crippen LogP contribution is -2.47. The fourth-order valence-corrected chi connectivity index (χ4v) is 4.04. The van der Waals surface area contributed by atoms with E-state index in [2.05, 4.69) is 10.3 Å². The second-order valence-electron chi connectivity index (χ2n) is 7.21. The maximum Gasteiger partial charge on any atom is 0.416 e. The van der Waals surface area contributed by atoms with Gasteiger partial charge in [-0.15, -0.1) is 0 Å². The zero-order valence-electron chi connectivity index (χ0n) is 15.2. The summed E-state index contributed by atoms with van der Waals surface area (Å²) >= 11 is 6.45. The Balaban J connectivity index is 1.66. The van der Waals surface area contributed by atoms with E-state index in [0.717, 1.165) is 12.1 Å². The summed E-state index contributed by atoms with van der Waals surface area (Å²) in [6.07, 6.45) is -2.13. The van der Waals surface area contributed by atoms with Gasteiger partial charge in [-0.1, -0.05) is 23.7 Å². The van der Waals surface area contributed by atoms with E-state index in [1.54, 1.807) is 0 Å².